The summed E-state index contributed by atoms with van der Waals surface area (Å²) >= 11 is 0. The molecule has 0 heterocycles. The van der Waals surface area contributed by atoms with E-state index >= 15 is 0 Å². The van der Waals surface area contributed by atoms with Gasteiger partial charge in [-0.15, -0.1) is 0 Å². The predicted octanol–water partition coefficient (Wildman–Crippen LogP) is 1.76. The number of rotatable bonds is 6. The molecule has 5 heteroatoms. The van der Waals surface area contributed by atoms with Gasteiger partial charge in [0.25, 0.3) is 0 Å². The lowest BCUT2D eigenvalue weighted by atomic mass is 9.70. The molecule has 0 aliphatic heterocycles. The van der Waals surface area contributed by atoms with E-state index in [1.165, 1.54) is 0 Å². The average molecular weight is 284 g/mol. The number of carbonyl (C=O) groups excluding carboxylic acids is 1. The first-order valence-corrected chi connectivity index (χ1v) is 7.54. The van der Waals surface area contributed by atoms with Crippen molar-refractivity contribution < 1.29 is 14.7 Å². The first kappa shape index (κ1) is 17.0. The fraction of sp³-hybridized carbons (Fsp3) is 0.867. The van der Waals surface area contributed by atoms with Gasteiger partial charge in [0, 0.05) is 6.54 Å². The molecule has 5 nitrogen and oxygen atoms in total. The number of carbonyl (C=O) groups is 2. The zero-order valence-electron chi connectivity index (χ0n) is 12.8. The third-order valence-corrected chi connectivity index (χ3v) is 4.41. The smallest absolute Gasteiger partial charge is 0.326 e. The van der Waals surface area contributed by atoms with Crippen molar-refractivity contribution in [3.05, 3.63) is 0 Å². The van der Waals surface area contributed by atoms with E-state index in [4.69, 9.17) is 5.73 Å². The van der Waals surface area contributed by atoms with Crippen LogP contribution < -0.4 is 11.1 Å². The van der Waals surface area contributed by atoms with E-state index in [2.05, 4.69) is 12.2 Å². The summed E-state index contributed by atoms with van der Waals surface area (Å²) in [6, 6.07) is -0.815. The fourth-order valence-corrected chi connectivity index (χ4v) is 2.84. The van der Waals surface area contributed by atoms with Crippen molar-refractivity contribution in [3.63, 3.8) is 0 Å². The topological polar surface area (TPSA) is 92.4 Å². The average Bonchev–Trinajstić information content (AvgIpc) is 2.38. The molecule has 0 aromatic heterocycles. The lowest BCUT2D eigenvalue weighted by molar-refractivity contribution is -0.145. The normalized spacial score (nSPS) is 28.1. The van der Waals surface area contributed by atoms with E-state index in [1.54, 1.807) is 0 Å². The molecule has 1 aliphatic rings. The maximum Gasteiger partial charge on any atom is 0.326 e. The monoisotopic (exact) mass is 284 g/mol. The van der Waals surface area contributed by atoms with E-state index < -0.39 is 17.4 Å². The fourth-order valence-electron chi connectivity index (χ4n) is 2.84. The Morgan fingerprint density at radius 2 is 1.90 bits per heavy atom. The molecule has 1 amide bonds. The van der Waals surface area contributed by atoms with Crippen LogP contribution in [0.1, 0.15) is 52.9 Å². The van der Waals surface area contributed by atoms with Gasteiger partial charge < -0.3 is 16.2 Å². The van der Waals surface area contributed by atoms with Crippen molar-refractivity contribution >= 4 is 11.9 Å². The third-order valence-electron chi connectivity index (χ3n) is 4.41. The van der Waals surface area contributed by atoms with Crippen LogP contribution in [0.25, 0.3) is 0 Å². The van der Waals surface area contributed by atoms with E-state index in [-0.39, 0.29) is 11.8 Å². The standard InChI is InChI=1S/C15H28N2O3/c1-10(2)8-12(13(18)19)17-14(20)15(9-16)6-4-11(3)5-7-15/h10-12H,4-9,16H2,1-3H3,(H,17,20)(H,18,19)/t11?,12-,15?/m1/s1. The van der Waals surface area contributed by atoms with Gasteiger partial charge in [0.1, 0.15) is 6.04 Å². The molecule has 1 fully saturated rings. The molecule has 1 atom stereocenters. The Morgan fingerprint density at radius 3 is 2.30 bits per heavy atom. The van der Waals surface area contributed by atoms with Gasteiger partial charge in [0.2, 0.25) is 5.91 Å². The van der Waals surface area contributed by atoms with Gasteiger partial charge in [-0.3, -0.25) is 4.79 Å². The lowest BCUT2D eigenvalue weighted by Crippen LogP contribution is -2.52. The number of carboxylic acid groups (broad SMARTS) is 1. The highest BCUT2D eigenvalue weighted by atomic mass is 16.4. The zero-order valence-corrected chi connectivity index (χ0v) is 12.8. The molecule has 0 saturated heterocycles. The highest BCUT2D eigenvalue weighted by Crippen LogP contribution is 2.38. The van der Waals surface area contributed by atoms with Crippen molar-refractivity contribution in [2.45, 2.75) is 58.9 Å². The van der Waals surface area contributed by atoms with Gasteiger partial charge in [0.15, 0.2) is 0 Å². The van der Waals surface area contributed by atoms with Crippen LogP contribution in [0.5, 0.6) is 0 Å². The Kier molecular flexibility index (Phi) is 5.99. The van der Waals surface area contributed by atoms with Crippen LogP contribution in [-0.2, 0) is 9.59 Å². The van der Waals surface area contributed by atoms with Crippen molar-refractivity contribution in [3.8, 4) is 0 Å². The van der Waals surface area contributed by atoms with Crippen molar-refractivity contribution in [1.29, 1.82) is 0 Å². The molecule has 0 aromatic rings. The molecule has 0 radical (unpaired) electrons. The summed E-state index contributed by atoms with van der Waals surface area (Å²) in [5, 5.41) is 11.9. The second-order valence-electron chi connectivity index (χ2n) is 6.66. The van der Waals surface area contributed by atoms with Crippen molar-refractivity contribution in [1.82, 2.24) is 5.32 Å². The summed E-state index contributed by atoms with van der Waals surface area (Å²) < 4.78 is 0. The molecule has 1 rings (SSSR count). The molecule has 20 heavy (non-hydrogen) atoms. The van der Waals surface area contributed by atoms with E-state index in [0.29, 0.717) is 18.9 Å². The number of aliphatic carboxylic acids is 1. The largest absolute Gasteiger partial charge is 0.480 e. The Hall–Kier alpha value is -1.10. The minimum atomic E-state index is -0.969. The number of nitrogens with one attached hydrogen (secondary N) is 1. The Balaban J connectivity index is 2.73. The van der Waals surface area contributed by atoms with Crippen LogP contribution in [0.15, 0.2) is 0 Å². The summed E-state index contributed by atoms with van der Waals surface area (Å²) in [4.78, 5) is 23.8. The van der Waals surface area contributed by atoms with Gasteiger partial charge in [-0.1, -0.05) is 20.8 Å². The molecule has 0 bridgehead atoms. The van der Waals surface area contributed by atoms with Gasteiger partial charge >= 0.3 is 5.97 Å². The van der Waals surface area contributed by atoms with Crippen LogP contribution in [-0.4, -0.2) is 29.6 Å². The van der Waals surface area contributed by atoms with E-state index in [0.717, 1.165) is 25.7 Å². The maximum absolute atomic E-state index is 12.5. The van der Waals surface area contributed by atoms with Crippen LogP contribution in [0.2, 0.25) is 0 Å². The number of hydrogen-bond acceptors (Lipinski definition) is 3. The summed E-state index contributed by atoms with van der Waals surface area (Å²) in [7, 11) is 0. The first-order chi connectivity index (χ1) is 9.30. The van der Waals surface area contributed by atoms with Crippen molar-refractivity contribution in [2.24, 2.45) is 23.0 Å². The molecular formula is C15H28N2O3. The predicted molar refractivity (Wildman–Crippen MR) is 78.1 cm³/mol. The number of hydrogen-bond donors (Lipinski definition) is 3. The van der Waals surface area contributed by atoms with Crippen LogP contribution >= 0.6 is 0 Å². The number of nitrogens with two attached hydrogens (primary N) is 1. The van der Waals surface area contributed by atoms with Crippen LogP contribution in [0.3, 0.4) is 0 Å². The quantitative estimate of drug-likeness (QED) is 0.693. The minimum absolute atomic E-state index is 0.181. The van der Waals surface area contributed by atoms with Crippen LogP contribution in [0, 0.1) is 17.3 Å². The Labute approximate surface area is 121 Å². The highest BCUT2D eigenvalue weighted by molar-refractivity contribution is 5.87. The summed E-state index contributed by atoms with van der Waals surface area (Å²) in [6.07, 6.45) is 3.91. The highest BCUT2D eigenvalue weighted by Gasteiger charge is 2.41. The molecule has 116 valence electrons. The Bertz CT molecular complexity index is 347. The minimum Gasteiger partial charge on any atom is -0.480 e. The molecule has 0 spiro atoms. The third kappa shape index (κ3) is 4.20. The lowest BCUT2D eigenvalue weighted by Gasteiger charge is -2.37. The molecule has 0 aromatic carbocycles. The van der Waals surface area contributed by atoms with E-state index in [9.17, 15) is 14.7 Å². The molecule has 1 aliphatic carbocycles. The molecule has 4 N–H and O–H groups in total. The van der Waals surface area contributed by atoms with Crippen molar-refractivity contribution in [2.75, 3.05) is 6.54 Å². The number of amides is 1. The Morgan fingerprint density at radius 1 is 1.35 bits per heavy atom. The van der Waals surface area contributed by atoms with Gasteiger partial charge in [-0.05, 0) is 43.9 Å². The van der Waals surface area contributed by atoms with Gasteiger partial charge in [-0.25, -0.2) is 4.79 Å². The summed E-state index contributed by atoms with van der Waals surface area (Å²) in [5.74, 6) is -0.312. The first-order valence-electron chi connectivity index (χ1n) is 7.54. The number of carboxylic acids is 1. The second kappa shape index (κ2) is 7.07. The van der Waals surface area contributed by atoms with E-state index in [1.807, 2.05) is 13.8 Å². The van der Waals surface area contributed by atoms with Gasteiger partial charge in [0.05, 0.1) is 5.41 Å². The zero-order chi connectivity index (χ0) is 15.3. The summed E-state index contributed by atoms with van der Waals surface area (Å²) in [6.45, 7) is 6.36. The SMILES string of the molecule is CC(C)C[C@@H](NC(=O)C1(CN)CCC(C)CC1)C(=O)O. The molecular weight excluding hydrogens is 256 g/mol. The second-order valence-corrected chi connectivity index (χ2v) is 6.66. The van der Waals surface area contributed by atoms with Gasteiger partial charge in [-0.2, -0.15) is 0 Å². The summed E-state index contributed by atoms with van der Waals surface area (Å²) in [5.41, 5.74) is 5.26. The van der Waals surface area contributed by atoms with Crippen LogP contribution in [0.4, 0.5) is 0 Å². The maximum atomic E-state index is 12.5. The molecule has 1 saturated carbocycles. The molecule has 0 unspecified atom stereocenters.